The first-order valence-corrected chi connectivity index (χ1v) is 14.0. The maximum Gasteiger partial charge on any atom is 0.319 e. The van der Waals surface area contributed by atoms with Gasteiger partial charge in [-0.2, -0.15) is 0 Å². The quantitative estimate of drug-likeness (QED) is 0.330. The van der Waals surface area contributed by atoms with E-state index in [1.807, 2.05) is 0 Å². The molecule has 1 fully saturated rings. The van der Waals surface area contributed by atoms with Gasteiger partial charge in [-0.15, -0.1) is 0 Å². The summed E-state index contributed by atoms with van der Waals surface area (Å²) in [4.78, 5) is 26.9. The van der Waals surface area contributed by atoms with Crippen LogP contribution in [0.1, 0.15) is 24.8 Å². The number of hydrogen-bond acceptors (Lipinski definition) is 4. The van der Waals surface area contributed by atoms with Crippen LogP contribution in [-0.2, 0) is 14.8 Å². The van der Waals surface area contributed by atoms with Crippen molar-refractivity contribution in [1.82, 2.24) is 5.32 Å². The molecule has 1 heterocycles. The van der Waals surface area contributed by atoms with Crippen molar-refractivity contribution in [3.05, 3.63) is 77.1 Å². The number of nitrogens with one attached hydrogen (secondary N) is 3. The fourth-order valence-electron chi connectivity index (χ4n) is 4.32. The van der Waals surface area contributed by atoms with Gasteiger partial charge in [0.05, 0.1) is 23.3 Å². The Bertz CT molecular complexity index is 1520. The zero-order valence-electron chi connectivity index (χ0n) is 20.5. The van der Waals surface area contributed by atoms with Crippen LogP contribution in [0, 0.1) is 5.82 Å². The summed E-state index contributed by atoms with van der Waals surface area (Å²) >= 11 is 5.72. The van der Waals surface area contributed by atoms with Crippen LogP contribution in [0.4, 0.5) is 35.0 Å². The molecule has 1 atom stereocenters. The molecule has 39 heavy (non-hydrogen) atoms. The van der Waals surface area contributed by atoms with Crippen LogP contribution in [0.3, 0.4) is 0 Å². The molecule has 0 aliphatic carbocycles. The van der Waals surface area contributed by atoms with Gasteiger partial charge < -0.3 is 15.5 Å². The third-order valence-corrected chi connectivity index (χ3v) is 6.84. The average Bonchev–Trinajstić information content (AvgIpc) is 2.86. The maximum atomic E-state index is 14.2. The van der Waals surface area contributed by atoms with E-state index in [1.54, 1.807) is 18.2 Å². The minimum atomic E-state index is -3.62. The van der Waals surface area contributed by atoms with E-state index in [2.05, 4.69) is 15.4 Å². The summed E-state index contributed by atoms with van der Waals surface area (Å²) in [5.41, 5.74) is 0.329. The molecule has 0 radical (unpaired) electrons. The van der Waals surface area contributed by atoms with Gasteiger partial charge in [-0.1, -0.05) is 35.9 Å². The standard InChI is InChI=1S/C26H24ClF3N4O4S/c1-39(37,38)33-20-6-3-2-5-17(20)15-8-11-23(18(13-15)24(29)30)34-12-4-7-22(25(34)35)32-26(36)31-21-10-9-16(27)14-19(21)28/h2-3,5-6,8-11,13-14,22,24,33H,4,7,12H2,1H3,(H2,31,32,36)/t22-/m1/s1. The number of hydrogen-bond donors (Lipinski definition) is 3. The first-order valence-electron chi connectivity index (χ1n) is 11.8. The van der Waals surface area contributed by atoms with Crippen LogP contribution in [0.25, 0.3) is 11.1 Å². The minimum Gasteiger partial charge on any atom is -0.326 e. The van der Waals surface area contributed by atoms with Crippen molar-refractivity contribution < 1.29 is 31.2 Å². The van der Waals surface area contributed by atoms with E-state index in [0.29, 0.717) is 17.5 Å². The molecule has 1 aliphatic heterocycles. The van der Waals surface area contributed by atoms with E-state index < -0.39 is 45.8 Å². The van der Waals surface area contributed by atoms with Crippen LogP contribution < -0.4 is 20.3 Å². The lowest BCUT2D eigenvalue weighted by Gasteiger charge is -2.34. The predicted molar refractivity (Wildman–Crippen MR) is 144 cm³/mol. The number of piperidine rings is 1. The molecule has 13 heteroatoms. The van der Waals surface area contributed by atoms with E-state index in [1.165, 1.54) is 41.3 Å². The van der Waals surface area contributed by atoms with Gasteiger partial charge in [0.1, 0.15) is 11.9 Å². The van der Waals surface area contributed by atoms with Gasteiger partial charge in [-0.3, -0.25) is 9.52 Å². The first-order chi connectivity index (χ1) is 18.4. The predicted octanol–water partition coefficient (Wildman–Crippen LogP) is 5.77. The summed E-state index contributed by atoms with van der Waals surface area (Å²) in [5.74, 6) is -1.36. The first kappa shape index (κ1) is 28.2. The molecule has 8 nitrogen and oxygen atoms in total. The number of urea groups is 1. The van der Waals surface area contributed by atoms with Crippen molar-refractivity contribution in [1.29, 1.82) is 0 Å². The average molecular weight is 581 g/mol. The molecule has 0 bridgehead atoms. The van der Waals surface area contributed by atoms with Gasteiger partial charge in [0.25, 0.3) is 6.43 Å². The van der Waals surface area contributed by atoms with Gasteiger partial charge in [-0.05, 0) is 54.8 Å². The topological polar surface area (TPSA) is 108 Å². The summed E-state index contributed by atoms with van der Waals surface area (Å²) in [5, 5.41) is 4.94. The molecule has 1 saturated heterocycles. The van der Waals surface area contributed by atoms with Crippen LogP contribution in [-0.4, -0.2) is 39.2 Å². The van der Waals surface area contributed by atoms with Crippen molar-refractivity contribution >= 4 is 50.6 Å². The third kappa shape index (κ3) is 6.82. The number of rotatable bonds is 7. The Morgan fingerprint density at radius 2 is 1.82 bits per heavy atom. The lowest BCUT2D eigenvalue weighted by molar-refractivity contribution is -0.121. The molecule has 1 aliphatic rings. The van der Waals surface area contributed by atoms with Crippen molar-refractivity contribution in [3.8, 4) is 11.1 Å². The number of carbonyl (C=O) groups is 2. The molecule has 206 valence electrons. The molecular formula is C26H24ClF3N4O4S. The molecule has 0 spiro atoms. The molecule has 3 aromatic rings. The smallest absolute Gasteiger partial charge is 0.319 e. The Morgan fingerprint density at radius 1 is 1.08 bits per heavy atom. The minimum absolute atomic E-state index is 0.0250. The largest absolute Gasteiger partial charge is 0.326 e. The molecule has 0 unspecified atom stereocenters. The number of alkyl halides is 2. The monoisotopic (exact) mass is 580 g/mol. The van der Waals surface area contributed by atoms with Gasteiger partial charge in [-0.25, -0.2) is 26.4 Å². The van der Waals surface area contributed by atoms with Crippen LogP contribution in [0.2, 0.25) is 5.02 Å². The van der Waals surface area contributed by atoms with E-state index in [9.17, 15) is 31.2 Å². The summed E-state index contributed by atoms with van der Waals surface area (Å²) in [6.45, 7) is 0.149. The summed E-state index contributed by atoms with van der Waals surface area (Å²) in [6.07, 6.45) is -1.29. The molecule has 3 aromatic carbocycles. The summed E-state index contributed by atoms with van der Waals surface area (Å²) < 4.78 is 68.4. The molecule has 3 N–H and O–H groups in total. The molecule has 3 amide bonds. The molecular weight excluding hydrogens is 557 g/mol. The van der Waals surface area contributed by atoms with Gasteiger partial charge in [0.15, 0.2) is 0 Å². The van der Waals surface area contributed by atoms with Crippen LogP contribution >= 0.6 is 11.6 Å². The van der Waals surface area contributed by atoms with E-state index in [0.717, 1.165) is 12.3 Å². The molecule has 4 rings (SSSR count). The second kappa shape index (κ2) is 11.5. The van der Waals surface area contributed by atoms with Crippen molar-refractivity contribution in [2.45, 2.75) is 25.3 Å². The van der Waals surface area contributed by atoms with Crippen molar-refractivity contribution in [2.75, 3.05) is 27.7 Å². The Labute approximate surface area is 228 Å². The highest BCUT2D eigenvalue weighted by molar-refractivity contribution is 7.92. The Hall–Kier alpha value is -3.77. The third-order valence-electron chi connectivity index (χ3n) is 6.01. The number of sulfonamides is 1. The van der Waals surface area contributed by atoms with E-state index in [-0.39, 0.29) is 35.1 Å². The highest BCUT2D eigenvalue weighted by Gasteiger charge is 2.33. The number of anilines is 3. The fraction of sp³-hybridized carbons (Fsp3) is 0.231. The Morgan fingerprint density at radius 3 is 2.51 bits per heavy atom. The Balaban J connectivity index is 1.58. The van der Waals surface area contributed by atoms with Crippen LogP contribution in [0.15, 0.2) is 60.7 Å². The second-order valence-corrected chi connectivity index (χ2v) is 11.1. The zero-order chi connectivity index (χ0) is 28.3. The number of para-hydroxylation sites is 1. The molecule has 0 saturated carbocycles. The van der Waals surface area contributed by atoms with Crippen molar-refractivity contribution in [3.63, 3.8) is 0 Å². The van der Waals surface area contributed by atoms with Gasteiger partial charge >= 0.3 is 6.03 Å². The van der Waals surface area contributed by atoms with Crippen LogP contribution in [0.5, 0.6) is 0 Å². The summed E-state index contributed by atoms with van der Waals surface area (Å²) in [7, 11) is -3.62. The number of halogens is 4. The highest BCUT2D eigenvalue weighted by atomic mass is 35.5. The lowest BCUT2D eigenvalue weighted by Crippen LogP contribution is -2.53. The number of carbonyl (C=O) groups excluding carboxylic acids is 2. The highest BCUT2D eigenvalue weighted by Crippen LogP contribution is 2.37. The van der Waals surface area contributed by atoms with E-state index in [4.69, 9.17) is 11.6 Å². The summed E-state index contributed by atoms with van der Waals surface area (Å²) in [6, 6.07) is 12.3. The maximum absolute atomic E-state index is 14.2. The number of amides is 3. The number of benzene rings is 3. The van der Waals surface area contributed by atoms with Gasteiger partial charge in [0, 0.05) is 22.7 Å². The fourth-order valence-corrected chi connectivity index (χ4v) is 5.06. The number of nitrogens with zero attached hydrogens (tertiary/aromatic N) is 1. The van der Waals surface area contributed by atoms with Crippen molar-refractivity contribution in [2.24, 2.45) is 0 Å². The molecule has 0 aromatic heterocycles. The van der Waals surface area contributed by atoms with Gasteiger partial charge in [0.2, 0.25) is 15.9 Å². The second-order valence-electron chi connectivity index (χ2n) is 8.90. The normalized spacial score (nSPS) is 15.8. The Kier molecular flexibility index (Phi) is 8.36. The SMILES string of the molecule is CS(=O)(=O)Nc1ccccc1-c1ccc(N2CCC[C@@H](NC(=O)Nc3ccc(Cl)cc3F)C2=O)c(C(F)F)c1. The van der Waals surface area contributed by atoms with E-state index >= 15 is 0 Å². The zero-order valence-corrected chi connectivity index (χ0v) is 22.1. The lowest BCUT2D eigenvalue weighted by atomic mass is 9.98.